The Morgan fingerprint density at radius 2 is 0.811 bits per heavy atom. The summed E-state index contributed by atoms with van der Waals surface area (Å²) in [4.78, 5) is 9.35. The van der Waals surface area contributed by atoms with E-state index in [4.69, 9.17) is 9.47 Å². The van der Waals surface area contributed by atoms with Crippen LogP contribution in [0.5, 0.6) is 11.5 Å². The summed E-state index contributed by atoms with van der Waals surface area (Å²) in [5, 5.41) is 2.30. The van der Waals surface area contributed by atoms with E-state index in [9.17, 15) is 0 Å². The molecule has 6 aromatic rings. The molecule has 0 spiro atoms. The maximum Gasteiger partial charge on any atom is 0.128 e. The van der Waals surface area contributed by atoms with Crippen molar-refractivity contribution in [3.8, 4) is 34.0 Å². The Kier molecular flexibility index (Phi) is 8.63. The van der Waals surface area contributed by atoms with Gasteiger partial charge in [0.25, 0.3) is 0 Å². The van der Waals surface area contributed by atoms with Gasteiger partial charge in [0.1, 0.15) is 11.5 Å². The minimum atomic E-state index is 0. The molecule has 4 nitrogen and oxygen atoms in total. The van der Waals surface area contributed by atoms with Crippen molar-refractivity contribution >= 4 is 21.8 Å². The van der Waals surface area contributed by atoms with Gasteiger partial charge in [-0.25, -0.2) is 9.97 Å². The first-order chi connectivity index (χ1) is 17.8. The van der Waals surface area contributed by atoms with Crippen LogP contribution >= 0.6 is 0 Å². The zero-order chi connectivity index (χ0) is 24.7. The van der Waals surface area contributed by atoms with E-state index in [-0.39, 0.29) is 20.1 Å². The zero-order valence-corrected chi connectivity index (χ0v) is 23.0. The van der Waals surface area contributed by atoms with Crippen LogP contribution in [-0.2, 0) is 20.1 Å². The van der Waals surface area contributed by atoms with E-state index >= 15 is 0 Å². The fourth-order valence-electron chi connectivity index (χ4n) is 4.14. The van der Waals surface area contributed by atoms with Crippen molar-refractivity contribution in [1.82, 2.24) is 9.97 Å². The smallest absolute Gasteiger partial charge is 0.128 e. The Balaban J connectivity index is 0.000000168. The molecule has 0 amide bonds. The monoisotopic (exact) mass is 663 g/mol. The van der Waals surface area contributed by atoms with Gasteiger partial charge in [0.15, 0.2) is 0 Å². The van der Waals surface area contributed by atoms with E-state index in [0.717, 1.165) is 55.8 Å². The zero-order valence-electron chi connectivity index (χ0n) is 20.6. The van der Waals surface area contributed by atoms with Crippen molar-refractivity contribution in [3.05, 3.63) is 121 Å². The molecule has 0 atom stereocenters. The first-order valence-corrected chi connectivity index (χ1v) is 11.7. The fourth-order valence-corrected chi connectivity index (χ4v) is 4.14. The van der Waals surface area contributed by atoms with E-state index in [1.165, 1.54) is 0 Å². The SMILES string of the molecule is COc1ccccc1-c1ccc2ccccc2n1.COc1ccccc1-c1ccc2ccccc2n1.[Ir]. The van der Waals surface area contributed by atoms with E-state index in [1.54, 1.807) is 14.2 Å². The molecule has 0 aliphatic rings. The van der Waals surface area contributed by atoms with Gasteiger partial charge in [-0.2, -0.15) is 0 Å². The van der Waals surface area contributed by atoms with E-state index < -0.39 is 0 Å². The number of ether oxygens (including phenoxy) is 2. The number of benzene rings is 4. The van der Waals surface area contributed by atoms with Gasteiger partial charge in [0.05, 0.1) is 36.6 Å². The molecule has 185 valence electrons. The van der Waals surface area contributed by atoms with Crippen LogP contribution in [0, 0.1) is 0 Å². The molecule has 0 saturated heterocycles. The van der Waals surface area contributed by atoms with E-state index in [2.05, 4.69) is 34.2 Å². The van der Waals surface area contributed by atoms with Gasteiger partial charge < -0.3 is 9.47 Å². The number of rotatable bonds is 4. The number of para-hydroxylation sites is 4. The summed E-state index contributed by atoms with van der Waals surface area (Å²) in [5.74, 6) is 1.69. The summed E-state index contributed by atoms with van der Waals surface area (Å²) >= 11 is 0. The second-order valence-electron chi connectivity index (χ2n) is 8.18. The van der Waals surface area contributed by atoms with Gasteiger partial charge in [0, 0.05) is 42.0 Å². The Labute approximate surface area is 230 Å². The molecule has 5 heteroatoms. The summed E-state index contributed by atoms with van der Waals surface area (Å²) in [6.45, 7) is 0. The van der Waals surface area contributed by atoms with Crippen molar-refractivity contribution < 1.29 is 29.6 Å². The summed E-state index contributed by atoms with van der Waals surface area (Å²) in [6.07, 6.45) is 0. The van der Waals surface area contributed by atoms with Crippen LogP contribution in [0.25, 0.3) is 44.3 Å². The molecule has 0 aliphatic carbocycles. The fraction of sp³-hybridized carbons (Fsp3) is 0.0625. The van der Waals surface area contributed by atoms with E-state index in [0.29, 0.717) is 0 Å². The number of pyridine rings is 2. The van der Waals surface area contributed by atoms with E-state index in [1.807, 2.05) is 97.1 Å². The quantitative estimate of drug-likeness (QED) is 0.193. The number of methoxy groups -OCH3 is 2. The van der Waals surface area contributed by atoms with Gasteiger partial charge in [-0.05, 0) is 48.5 Å². The number of hydrogen-bond acceptors (Lipinski definition) is 4. The van der Waals surface area contributed by atoms with Crippen LogP contribution in [0.3, 0.4) is 0 Å². The molecule has 0 saturated carbocycles. The topological polar surface area (TPSA) is 44.2 Å². The van der Waals surface area contributed by atoms with Gasteiger partial charge in [-0.3, -0.25) is 0 Å². The first kappa shape index (κ1) is 26.0. The maximum atomic E-state index is 5.37. The van der Waals surface area contributed by atoms with Crippen molar-refractivity contribution in [2.75, 3.05) is 14.2 Å². The van der Waals surface area contributed by atoms with Crippen molar-refractivity contribution in [1.29, 1.82) is 0 Å². The first-order valence-electron chi connectivity index (χ1n) is 11.7. The van der Waals surface area contributed by atoms with Crippen molar-refractivity contribution in [2.24, 2.45) is 0 Å². The Morgan fingerprint density at radius 1 is 0.432 bits per heavy atom. The number of fused-ring (bicyclic) bond motifs is 2. The molecule has 37 heavy (non-hydrogen) atoms. The maximum absolute atomic E-state index is 5.37. The summed E-state index contributed by atoms with van der Waals surface area (Å²) in [6, 6.07) is 40.3. The van der Waals surface area contributed by atoms with Gasteiger partial charge in [0.2, 0.25) is 0 Å². The van der Waals surface area contributed by atoms with Crippen LogP contribution in [0.1, 0.15) is 0 Å². The minimum Gasteiger partial charge on any atom is -0.496 e. The van der Waals surface area contributed by atoms with Gasteiger partial charge in [-0.1, -0.05) is 72.8 Å². The Morgan fingerprint density at radius 3 is 1.24 bits per heavy atom. The normalized spacial score (nSPS) is 10.2. The summed E-state index contributed by atoms with van der Waals surface area (Å²) < 4.78 is 10.7. The average molecular weight is 663 g/mol. The van der Waals surface area contributed by atoms with Crippen molar-refractivity contribution in [3.63, 3.8) is 0 Å². The molecule has 1 radical (unpaired) electrons. The Bertz CT molecular complexity index is 1510. The molecule has 4 aromatic carbocycles. The predicted octanol–water partition coefficient (Wildman–Crippen LogP) is 7.82. The minimum absolute atomic E-state index is 0. The molecule has 0 fully saturated rings. The Hall–Kier alpha value is -4.05. The number of nitrogens with zero attached hydrogens (tertiary/aromatic N) is 2. The van der Waals surface area contributed by atoms with Crippen LogP contribution in [-0.4, -0.2) is 24.2 Å². The molecule has 0 aliphatic heterocycles. The van der Waals surface area contributed by atoms with Crippen LogP contribution in [0.15, 0.2) is 121 Å². The predicted molar refractivity (Wildman–Crippen MR) is 147 cm³/mol. The third-order valence-corrected chi connectivity index (χ3v) is 5.96. The molecule has 0 N–H and O–H groups in total. The van der Waals surface area contributed by atoms with Crippen LogP contribution in [0.4, 0.5) is 0 Å². The molecular formula is C32H26IrN2O2. The van der Waals surface area contributed by atoms with Gasteiger partial charge >= 0.3 is 0 Å². The number of hydrogen-bond donors (Lipinski definition) is 0. The molecule has 2 aromatic heterocycles. The second-order valence-corrected chi connectivity index (χ2v) is 8.18. The number of aromatic nitrogens is 2. The summed E-state index contributed by atoms with van der Waals surface area (Å²) in [5.41, 5.74) is 5.91. The molecule has 6 rings (SSSR count). The average Bonchev–Trinajstić information content (AvgIpc) is 2.97. The van der Waals surface area contributed by atoms with Crippen molar-refractivity contribution in [2.45, 2.75) is 0 Å². The van der Waals surface area contributed by atoms with Crippen LogP contribution in [0.2, 0.25) is 0 Å². The largest absolute Gasteiger partial charge is 0.496 e. The van der Waals surface area contributed by atoms with Crippen LogP contribution < -0.4 is 9.47 Å². The molecule has 2 heterocycles. The third kappa shape index (κ3) is 5.86. The second kappa shape index (κ2) is 12.3. The summed E-state index contributed by atoms with van der Waals surface area (Å²) in [7, 11) is 3.36. The third-order valence-electron chi connectivity index (χ3n) is 5.96. The standard InChI is InChI=1S/2C16H13NO.Ir/c2*1-18-16-9-5-3-7-13(16)15-11-10-12-6-2-4-8-14(12)17-15;/h2*2-11H,1H3;. The molecular weight excluding hydrogens is 637 g/mol. The molecule has 0 bridgehead atoms. The molecule has 0 unspecified atom stereocenters. The van der Waals surface area contributed by atoms with Gasteiger partial charge in [-0.15, -0.1) is 0 Å².